The van der Waals surface area contributed by atoms with E-state index in [0.717, 1.165) is 46.2 Å². The van der Waals surface area contributed by atoms with Crippen molar-refractivity contribution in [3.05, 3.63) is 104 Å². The number of anilines is 2. The minimum absolute atomic E-state index is 0.210. The number of aromatic nitrogens is 1. The first-order valence-corrected chi connectivity index (χ1v) is 14.8. The average molecular weight is 644 g/mol. The van der Waals surface area contributed by atoms with E-state index in [9.17, 15) is 36.7 Å². The Morgan fingerprint density at radius 1 is 0.977 bits per heavy atom. The van der Waals surface area contributed by atoms with Gasteiger partial charge >= 0.3 is 11.0 Å². The summed E-state index contributed by atoms with van der Waals surface area (Å²) in [6, 6.07) is 15.8. The van der Waals surface area contributed by atoms with Gasteiger partial charge in [0, 0.05) is 16.5 Å². The highest BCUT2D eigenvalue weighted by atomic mass is 32.2. The molecule has 1 fully saturated rings. The number of carbonyl (C=O) groups excluding carboxylic acids is 3. The zero-order valence-electron chi connectivity index (χ0n) is 22.6. The molecule has 4 aromatic rings. The number of amides is 3. The van der Waals surface area contributed by atoms with Gasteiger partial charge in [-0.15, -0.1) is 0 Å². The molecule has 0 saturated carbocycles. The smallest absolute Gasteiger partial charge is 0.416 e. The van der Waals surface area contributed by atoms with E-state index in [-0.39, 0.29) is 5.69 Å². The van der Waals surface area contributed by atoms with Gasteiger partial charge in [-0.25, -0.2) is 9.29 Å². The molecule has 8 nitrogen and oxygen atoms in total. The van der Waals surface area contributed by atoms with Crippen LogP contribution in [0.4, 0.5) is 28.9 Å². The summed E-state index contributed by atoms with van der Waals surface area (Å²) in [7, 11) is 1.48. The lowest BCUT2D eigenvalue weighted by Gasteiger charge is -2.30. The van der Waals surface area contributed by atoms with Crippen molar-refractivity contribution in [3.63, 3.8) is 0 Å². The standard InChI is InChI=1S/C30H21F4N3O5S2/c1-42-20-11-5-15(6-12-20)22-23-24(27(40)37(26(23)39)19-4-2-3-16(13-19)30(32,33)34)43-28-25(22)44-29(41)36(28)14-21(38)35-18-9-7-17(31)8-10-18/h2-13,22-24H,14H2,1H3,(H,35,38)/t22-,23+,24-/m0/s1. The molecule has 0 bridgehead atoms. The van der Waals surface area contributed by atoms with Crippen LogP contribution in [0.2, 0.25) is 0 Å². The van der Waals surface area contributed by atoms with Crippen LogP contribution in [0.5, 0.6) is 5.75 Å². The van der Waals surface area contributed by atoms with Crippen molar-refractivity contribution in [1.29, 1.82) is 0 Å². The summed E-state index contributed by atoms with van der Waals surface area (Å²) in [5.74, 6) is -3.82. The van der Waals surface area contributed by atoms with Crippen molar-refractivity contribution in [2.75, 3.05) is 17.3 Å². The fourth-order valence-corrected chi connectivity index (χ4v) is 8.15. The average Bonchev–Trinajstić information content (AvgIpc) is 3.44. The molecule has 3 heterocycles. The second kappa shape index (κ2) is 11.2. The number of thiazole rings is 1. The fraction of sp³-hybridized carbons (Fsp3) is 0.200. The van der Waals surface area contributed by atoms with Crippen molar-refractivity contribution in [2.45, 2.75) is 28.9 Å². The third-order valence-electron chi connectivity index (χ3n) is 7.39. The van der Waals surface area contributed by atoms with Gasteiger partial charge in [0.2, 0.25) is 17.7 Å². The van der Waals surface area contributed by atoms with E-state index in [4.69, 9.17) is 4.74 Å². The van der Waals surface area contributed by atoms with Crippen molar-refractivity contribution >= 4 is 52.2 Å². The van der Waals surface area contributed by atoms with Crippen LogP contribution in [-0.4, -0.2) is 34.6 Å². The SMILES string of the molecule is COc1ccc([C@@H]2c3sc(=O)n(CC(=O)Nc4ccc(F)cc4)c3S[C@@H]3C(=O)N(c4cccc(C(F)(F)F)c4)C(=O)[C@H]23)cc1. The van der Waals surface area contributed by atoms with E-state index < -0.39 is 63.8 Å². The third kappa shape index (κ3) is 5.28. The maximum Gasteiger partial charge on any atom is 0.416 e. The van der Waals surface area contributed by atoms with E-state index in [1.165, 1.54) is 42.0 Å². The van der Waals surface area contributed by atoms with E-state index in [1.807, 2.05) is 0 Å². The zero-order valence-corrected chi connectivity index (χ0v) is 24.3. The molecule has 0 unspecified atom stereocenters. The Kier molecular flexibility index (Phi) is 7.58. The van der Waals surface area contributed by atoms with Gasteiger partial charge in [0.05, 0.1) is 29.3 Å². The molecular formula is C30H21F4N3O5S2. The van der Waals surface area contributed by atoms with Crippen LogP contribution in [-0.2, 0) is 27.1 Å². The fourth-order valence-electron chi connectivity index (χ4n) is 5.38. The molecule has 3 amide bonds. The number of alkyl halides is 3. The number of hydrogen-bond donors (Lipinski definition) is 1. The van der Waals surface area contributed by atoms with Gasteiger partial charge in [0.1, 0.15) is 23.4 Å². The number of hydrogen-bond acceptors (Lipinski definition) is 7. The number of ether oxygens (including phenoxy) is 1. The number of nitrogens with one attached hydrogen (secondary N) is 1. The third-order valence-corrected chi connectivity index (χ3v) is 9.99. The quantitative estimate of drug-likeness (QED) is 0.220. The molecule has 1 saturated heterocycles. The zero-order chi connectivity index (χ0) is 31.3. The van der Waals surface area contributed by atoms with Crippen LogP contribution in [0.3, 0.4) is 0 Å². The molecule has 1 N–H and O–H groups in total. The van der Waals surface area contributed by atoms with Crippen molar-refractivity contribution in [1.82, 2.24) is 4.57 Å². The number of rotatable bonds is 6. The minimum atomic E-state index is -4.69. The number of imide groups is 1. The molecule has 2 aliphatic rings. The number of benzene rings is 3. The lowest BCUT2D eigenvalue weighted by atomic mass is 9.83. The highest BCUT2D eigenvalue weighted by Gasteiger charge is 2.57. The monoisotopic (exact) mass is 643 g/mol. The normalized spacial score (nSPS) is 19.5. The summed E-state index contributed by atoms with van der Waals surface area (Å²) >= 11 is 1.77. The Morgan fingerprint density at radius 2 is 1.68 bits per heavy atom. The summed E-state index contributed by atoms with van der Waals surface area (Å²) in [6.45, 7) is -0.429. The number of fused-ring (bicyclic) bond motifs is 2. The van der Waals surface area contributed by atoms with Gasteiger partial charge in [-0.2, -0.15) is 13.2 Å². The lowest BCUT2D eigenvalue weighted by Crippen LogP contribution is -2.33. The molecule has 44 heavy (non-hydrogen) atoms. The van der Waals surface area contributed by atoms with Crippen LogP contribution in [0.25, 0.3) is 0 Å². The number of methoxy groups -OCH3 is 1. The van der Waals surface area contributed by atoms with Crippen LogP contribution >= 0.6 is 23.1 Å². The molecule has 2 aliphatic heterocycles. The van der Waals surface area contributed by atoms with Crippen molar-refractivity contribution in [2.24, 2.45) is 5.92 Å². The van der Waals surface area contributed by atoms with Crippen molar-refractivity contribution in [3.8, 4) is 5.75 Å². The first-order valence-electron chi connectivity index (χ1n) is 13.1. The van der Waals surface area contributed by atoms with Gasteiger partial charge in [0.25, 0.3) is 0 Å². The Bertz CT molecular complexity index is 1840. The first-order chi connectivity index (χ1) is 21.0. The first kappa shape index (κ1) is 29.6. The molecule has 0 spiro atoms. The van der Waals surface area contributed by atoms with Crippen LogP contribution in [0.1, 0.15) is 21.9 Å². The van der Waals surface area contributed by atoms with Crippen LogP contribution in [0, 0.1) is 11.7 Å². The minimum Gasteiger partial charge on any atom is -0.497 e. The summed E-state index contributed by atoms with van der Waals surface area (Å²) in [6.07, 6.45) is -4.69. The number of thioether (sulfide) groups is 1. The number of halogens is 4. The van der Waals surface area contributed by atoms with E-state index in [1.54, 1.807) is 24.3 Å². The molecule has 3 atom stereocenters. The van der Waals surface area contributed by atoms with Gasteiger partial charge in [0.15, 0.2) is 0 Å². The Balaban J connectivity index is 1.41. The maximum absolute atomic E-state index is 13.9. The summed E-state index contributed by atoms with van der Waals surface area (Å²) in [5.41, 5.74) is -0.327. The van der Waals surface area contributed by atoms with Gasteiger partial charge in [-0.1, -0.05) is 41.3 Å². The lowest BCUT2D eigenvalue weighted by molar-refractivity contribution is -0.137. The molecule has 6 rings (SSSR count). The maximum atomic E-state index is 13.9. The van der Waals surface area contributed by atoms with E-state index in [2.05, 4.69) is 5.32 Å². The summed E-state index contributed by atoms with van der Waals surface area (Å²) in [5, 5.41) is 1.82. The van der Waals surface area contributed by atoms with Crippen molar-refractivity contribution < 1.29 is 36.7 Å². The highest BCUT2D eigenvalue weighted by molar-refractivity contribution is 8.00. The molecular weight excluding hydrogens is 622 g/mol. The highest BCUT2D eigenvalue weighted by Crippen LogP contribution is 2.54. The van der Waals surface area contributed by atoms with Gasteiger partial charge in [-0.05, 0) is 60.2 Å². The molecule has 14 heteroatoms. The Labute approximate surface area is 255 Å². The van der Waals surface area contributed by atoms with Crippen LogP contribution in [0.15, 0.2) is 82.6 Å². The van der Waals surface area contributed by atoms with Gasteiger partial charge < -0.3 is 10.1 Å². The Hall–Kier alpha value is -4.43. The molecule has 0 aliphatic carbocycles. The predicted octanol–water partition coefficient (Wildman–Crippen LogP) is 5.51. The Morgan fingerprint density at radius 3 is 2.34 bits per heavy atom. The van der Waals surface area contributed by atoms with E-state index in [0.29, 0.717) is 26.9 Å². The second-order valence-electron chi connectivity index (χ2n) is 10.1. The molecule has 3 aromatic carbocycles. The molecule has 0 radical (unpaired) electrons. The summed E-state index contributed by atoms with van der Waals surface area (Å²) in [4.78, 5) is 54.6. The summed E-state index contributed by atoms with van der Waals surface area (Å²) < 4.78 is 60.2. The van der Waals surface area contributed by atoms with Gasteiger partial charge in [-0.3, -0.25) is 23.7 Å². The number of carbonyl (C=O) groups is 3. The second-order valence-corrected chi connectivity index (χ2v) is 12.2. The van der Waals surface area contributed by atoms with Crippen LogP contribution < -0.4 is 19.8 Å². The largest absolute Gasteiger partial charge is 0.497 e. The topological polar surface area (TPSA) is 97.7 Å². The predicted molar refractivity (Wildman–Crippen MR) is 156 cm³/mol. The molecule has 1 aromatic heterocycles. The number of nitrogens with zero attached hydrogens (tertiary/aromatic N) is 2. The van der Waals surface area contributed by atoms with E-state index >= 15 is 0 Å². The molecule has 226 valence electrons.